The van der Waals surface area contributed by atoms with Crippen LogP contribution in [0.25, 0.3) is 0 Å². The Hall–Kier alpha value is -3.76. The number of hydrogen-bond donors (Lipinski definition) is 3. The standard InChI is InChI=1S/C25H28FN5O5/c26-17-5-3-15(4-6-17)13-27-20(33)18-19(32)22(35)31-14-16-7-9-25(10-8-16,24(31)28-18)29-21(34)23(36)30-11-1-2-12-30/h3-6,16,32H,1-2,7-14H2,(H,27,33)(H,29,34). The van der Waals surface area contributed by atoms with Gasteiger partial charge in [-0.3, -0.25) is 23.7 Å². The SMILES string of the molecule is O=C(NC12CCC(CC1)Cn1c2nc(C(=O)NCc2ccc(F)cc2)c(O)c1=O)C(=O)N1CCCC1. The van der Waals surface area contributed by atoms with E-state index in [0.29, 0.717) is 50.9 Å². The smallest absolute Gasteiger partial charge is 0.311 e. The Balaban J connectivity index is 1.46. The molecule has 2 aromatic rings. The number of amides is 3. The van der Waals surface area contributed by atoms with E-state index in [9.17, 15) is 28.7 Å². The van der Waals surface area contributed by atoms with Gasteiger partial charge in [0.1, 0.15) is 11.6 Å². The summed E-state index contributed by atoms with van der Waals surface area (Å²) in [6.45, 7) is 1.40. The van der Waals surface area contributed by atoms with Crippen LogP contribution < -0.4 is 16.2 Å². The Morgan fingerprint density at radius 2 is 1.78 bits per heavy atom. The molecule has 1 aromatic carbocycles. The summed E-state index contributed by atoms with van der Waals surface area (Å²) in [4.78, 5) is 57.7. The van der Waals surface area contributed by atoms with Gasteiger partial charge in [-0.2, -0.15) is 0 Å². The largest absolute Gasteiger partial charge is 0.501 e. The molecule has 3 aliphatic heterocycles. The number of nitrogens with one attached hydrogen (secondary N) is 2. The predicted octanol–water partition coefficient (Wildman–Crippen LogP) is 1.16. The third-order valence-electron chi connectivity index (χ3n) is 7.49. The monoisotopic (exact) mass is 497 g/mol. The summed E-state index contributed by atoms with van der Waals surface area (Å²) in [5.41, 5.74) is -1.68. The van der Waals surface area contributed by atoms with Crippen molar-refractivity contribution >= 4 is 17.7 Å². The molecule has 0 unspecified atom stereocenters. The van der Waals surface area contributed by atoms with Gasteiger partial charge in [0.05, 0.1) is 5.54 Å². The summed E-state index contributed by atoms with van der Waals surface area (Å²) < 4.78 is 14.5. The molecule has 4 heterocycles. The summed E-state index contributed by atoms with van der Waals surface area (Å²) in [7, 11) is 0. The number of fused-ring (bicyclic) bond motifs is 2. The Morgan fingerprint density at radius 1 is 1.11 bits per heavy atom. The minimum absolute atomic E-state index is 0.0347. The first-order valence-electron chi connectivity index (χ1n) is 12.3. The topological polar surface area (TPSA) is 134 Å². The number of likely N-dealkylation sites (tertiary alicyclic amines) is 1. The van der Waals surface area contributed by atoms with E-state index in [1.54, 1.807) is 0 Å². The molecule has 1 aromatic heterocycles. The third kappa shape index (κ3) is 4.33. The molecule has 3 amide bonds. The number of hydrogen-bond acceptors (Lipinski definition) is 6. The van der Waals surface area contributed by atoms with Gasteiger partial charge in [-0.05, 0) is 62.1 Å². The molecule has 3 N–H and O–H groups in total. The van der Waals surface area contributed by atoms with Crippen LogP contribution in [0.4, 0.5) is 4.39 Å². The molecule has 2 bridgehead atoms. The van der Waals surface area contributed by atoms with Crippen LogP contribution in [0.1, 0.15) is 60.4 Å². The number of aromatic nitrogens is 2. The second-order valence-corrected chi connectivity index (χ2v) is 9.84. The zero-order chi connectivity index (χ0) is 25.4. The lowest BCUT2D eigenvalue weighted by molar-refractivity contribution is -0.146. The molecule has 1 saturated carbocycles. The number of aromatic hydroxyl groups is 1. The molecular formula is C25H28FN5O5. The van der Waals surface area contributed by atoms with Crippen LogP contribution in [-0.2, 0) is 28.2 Å². The summed E-state index contributed by atoms with van der Waals surface area (Å²) in [5.74, 6) is -2.99. The maximum Gasteiger partial charge on any atom is 0.311 e. The van der Waals surface area contributed by atoms with Crippen molar-refractivity contribution in [3.8, 4) is 5.75 Å². The van der Waals surface area contributed by atoms with Gasteiger partial charge in [-0.15, -0.1) is 0 Å². The normalized spacial score (nSPS) is 22.6. The number of carbonyl (C=O) groups is 3. The van der Waals surface area contributed by atoms with Crippen molar-refractivity contribution in [2.45, 2.75) is 57.2 Å². The van der Waals surface area contributed by atoms with E-state index in [2.05, 4.69) is 15.6 Å². The number of nitrogens with zero attached hydrogens (tertiary/aromatic N) is 3. The van der Waals surface area contributed by atoms with Crippen LogP contribution >= 0.6 is 0 Å². The summed E-state index contributed by atoms with van der Waals surface area (Å²) in [6.07, 6.45) is 4.03. The van der Waals surface area contributed by atoms with Gasteiger partial charge in [-0.25, -0.2) is 9.37 Å². The van der Waals surface area contributed by atoms with Crippen molar-refractivity contribution in [2.24, 2.45) is 5.92 Å². The molecule has 36 heavy (non-hydrogen) atoms. The van der Waals surface area contributed by atoms with E-state index >= 15 is 0 Å². The highest BCUT2D eigenvalue weighted by Gasteiger charge is 2.47. The Morgan fingerprint density at radius 3 is 2.44 bits per heavy atom. The zero-order valence-corrected chi connectivity index (χ0v) is 19.8. The van der Waals surface area contributed by atoms with Gasteiger partial charge in [0, 0.05) is 26.2 Å². The van der Waals surface area contributed by atoms with Gasteiger partial charge in [0.2, 0.25) is 5.75 Å². The lowest BCUT2D eigenvalue weighted by Crippen LogP contribution is -2.54. The number of carbonyl (C=O) groups excluding carboxylic acids is 3. The van der Waals surface area contributed by atoms with Gasteiger partial charge in [0.15, 0.2) is 5.69 Å². The maximum absolute atomic E-state index is 13.2. The molecule has 11 heteroatoms. The average molecular weight is 498 g/mol. The molecular weight excluding hydrogens is 469 g/mol. The Labute approximate surface area is 206 Å². The highest BCUT2D eigenvalue weighted by molar-refractivity contribution is 6.35. The van der Waals surface area contributed by atoms with Crippen LogP contribution in [-0.4, -0.2) is 50.4 Å². The highest BCUT2D eigenvalue weighted by atomic mass is 19.1. The summed E-state index contributed by atoms with van der Waals surface area (Å²) >= 11 is 0. The van der Waals surface area contributed by atoms with Gasteiger partial charge < -0.3 is 20.6 Å². The molecule has 10 nitrogen and oxygen atoms in total. The molecule has 0 atom stereocenters. The van der Waals surface area contributed by atoms with Crippen LogP contribution in [0, 0.1) is 11.7 Å². The second-order valence-electron chi connectivity index (χ2n) is 9.84. The van der Waals surface area contributed by atoms with E-state index in [1.807, 2.05) is 0 Å². The molecule has 0 radical (unpaired) electrons. The lowest BCUT2D eigenvalue weighted by atomic mass is 9.77. The first kappa shape index (κ1) is 24.0. The molecule has 0 spiro atoms. The van der Waals surface area contributed by atoms with Crippen LogP contribution in [0.15, 0.2) is 29.1 Å². The number of halogens is 1. The van der Waals surface area contributed by atoms with Crippen LogP contribution in [0.3, 0.4) is 0 Å². The summed E-state index contributed by atoms with van der Waals surface area (Å²) in [6, 6.07) is 5.54. The van der Waals surface area contributed by atoms with Crippen molar-refractivity contribution in [2.75, 3.05) is 13.1 Å². The predicted molar refractivity (Wildman–Crippen MR) is 125 cm³/mol. The lowest BCUT2D eigenvalue weighted by Gasteiger charge is -2.37. The molecule has 2 fully saturated rings. The molecule has 1 aliphatic carbocycles. The van der Waals surface area contributed by atoms with Crippen LogP contribution in [0.2, 0.25) is 0 Å². The fourth-order valence-corrected chi connectivity index (χ4v) is 5.46. The van der Waals surface area contributed by atoms with Gasteiger partial charge >= 0.3 is 11.8 Å². The molecule has 1 saturated heterocycles. The number of rotatable bonds is 4. The molecule has 4 aliphatic rings. The highest BCUT2D eigenvalue weighted by Crippen LogP contribution is 2.43. The minimum atomic E-state index is -1.10. The minimum Gasteiger partial charge on any atom is -0.501 e. The van der Waals surface area contributed by atoms with E-state index in [0.717, 1.165) is 12.8 Å². The van der Waals surface area contributed by atoms with Gasteiger partial charge in [-0.1, -0.05) is 12.1 Å². The second kappa shape index (κ2) is 9.36. The quantitative estimate of drug-likeness (QED) is 0.543. The first-order valence-corrected chi connectivity index (χ1v) is 12.3. The number of benzene rings is 1. The van der Waals surface area contributed by atoms with Crippen molar-refractivity contribution in [3.05, 3.63) is 57.5 Å². The van der Waals surface area contributed by atoms with Crippen molar-refractivity contribution < 1.29 is 23.9 Å². The van der Waals surface area contributed by atoms with Crippen molar-refractivity contribution in [1.82, 2.24) is 25.1 Å². The van der Waals surface area contributed by atoms with E-state index < -0.39 is 46.1 Å². The summed E-state index contributed by atoms with van der Waals surface area (Å²) in [5, 5.41) is 16.1. The van der Waals surface area contributed by atoms with Crippen molar-refractivity contribution in [3.63, 3.8) is 0 Å². The van der Waals surface area contributed by atoms with Gasteiger partial charge in [0.25, 0.3) is 11.5 Å². The zero-order valence-electron chi connectivity index (χ0n) is 19.8. The first-order chi connectivity index (χ1) is 17.3. The van der Waals surface area contributed by atoms with Crippen molar-refractivity contribution in [1.29, 1.82) is 0 Å². The molecule has 6 rings (SSSR count). The fourth-order valence-electron chi connectivity index (χ4n) is 5.46. The Bertz CT molecular complexity index is 1260. The van der Waals surface area contributed by atoms with E-state index in [1.165, 1.54) is 33.7 Å². The van der Waals surface area contributed by atoms with Crippen LogP contribution in [0.5, 0.6) is 5.75 Å². The Kier molecular flexibility index (Phi) is 6.23. The molecule has 190 valence electrons. The van der Waals surface area contributed by atoms with E-state index in [-0.39, 0.29) is 18.3 Å². The maximum atomic E-state index is 13.2. The van der Waals surface area contributed by atoms with E-state index in [4.69, 9.17) is 0 Å². The average Bonchev–Trinajstić information content (AvgIpc) is 3.32. The fraction of sp³-hybridized carbons (Fsp3) is 0.480. The third-order valence-corrected chi connectivity index (χ3v) is 7.49.